The lowest BCUT2D eigenvalue weighted by atomic mass is 10.1. The van der Waals surface area contributed by atoms with Gasteiger partial charge in [-0.05, 0) is 61.4 Å². The van der Waals surface area contributed by atoms with Crippen molar-refractivity contribution in [2.45, 2.75) is 51.1 Å². The van der Waals surface area contributed by atoms with Gasteiger partial charge in [0, 0.05) is 70.6 Å². The Balaban J connectivity index is 0.739. The molecule has 1 fully saturated rings. The topological polar surface area (TPSA) is 183 Å². The van der Waals surface area contributed by atoms with Crippen LogP contribution in [0.3, 0.4) is 0 Å². The van der Waals surface area contributed by atoms with Crippen LogP contribution in [0.5, 0.6) is 11.5 Å². The Bertz CT molecular complexity index is 2810. The van der Waals surface area contributed by atoms with E-state index in [4.69, 9.17) is 9.47 Å². The minimum Gasteiger partial charge on any atom is -0.486 e. The average molecular weight is 940 g/mol. The van der Waals surface area contributed by atoms with Crippen LogP contribution in [0.4, 0.5) is 11.4 Å². The number of likely N-dealkylation sites (N-methyl/N-ethyl adjacent to an activating group) is 2. The Kier molecular flexibility index (Phi) is 14.0. The van der Waals surface area contributed by atoms with Crippen LogP contribution in [-0.2, 0) is 22.6 Å². The van der Waals surface area contributed by atoms with Crippen molar-refractivity contribution in [1.29, 1.82) is 0 Å². The molecule has 3 aliphatic heterocycles. The molecule has 356 valence electrons. The third-order valence-electron chi connectivity index (χ3n) is 12.5. The highest BCUT2D eigenvalue weighted by molar-refractivity contribution is 6.04. The van der Waals surface area contributed by atoms with Gasteiger partial charge in [-0.2, -0.15) is 0 Å². The van der Waals surface area contributed by atoms with Crippen LogP contribution in [-0.4, -0.2) is 136 Å². The van der Waals surface area contributed by atoms with Crippen molar-refractivity contribution < 1.29 is 28.7 Å². The van der Waals surface area contributed by atoms with E-state index in [9.17, 15) is 19.2 Å². The summed E-state index contributed by atoms with van der Waals surface area (Å²) in [6.07, 6.45) is 2.45. The fourth-order valence-corrected chi connectivity index (χ4v) is 8.52. The predicted molar refractivity (Wildman–Crippen MR) is 262 cm³/mol. The second-order valence-electron chi connectivity index (χ2n) is 17.5. The molecule has 3 aliphatic rings. The molecule has 17 heteroatoms. The molecule has 2 aromatic heterocycles. The zero-order valence-corrected chi connectivity index (χ0v) is 39.4. The molecular formula is C53H53N11O6. The molecule has 70 heavy (non-hydrogen) atoms. The Hall–Kier alpha value is -8.25. The summed E-state index contributed by atoms with van der Waals surface area (Å²) in [7, 11) is 3.33. The number of H-pyrrole nitrogens is 1. The van der Waals surface area contributed by atoms with Crippen LogP contribution in [0.2, 0.25) is 0 Å². The molecule has 0 spiro atoms. The number of carbonyl (C=O) groups excluding carboxylic acids is 4. The van der Waals surface area contributed by atoms with Crippen molar-refractivity contribution in [2.24, 2.45) is 0 Å². The largest absolute Gasteiger partial charge is 0.486 e. The van der Waals surface area contributed by atoms with Crippen LogP contribution in [0.25, 0.3) is 0 Å². The number of aromatic amines is 1. The van der Waals surface area contributed by atoms with Gasteiger partial charge in [0.15, 0.2) is 0 Å². The third kappa shape index (κ3) is 10.9. The minimum absolute atomic E-state index is 0.0545. The summed E-state index contributed by atoms with van der Waals surface area (Å²) >= 11 is 0. The van der Waals surface area contributed by atoms with Crippen molar-refractivity contribution in [2.75, 3.05) is 63.2 Å². The van der Waals surface area contributed by atoms with Crippen LogP contribution >= 0.6 is 0 Å². The fourth-order valence-electron chi connectivity index (χ4n) is 8.52. The summed E-state index contributed by atoms with van der Waals surface area (Å²) in [5.41, 5.74) is 4.92. The molecule has 3 N–H and O–H groups in total. The lowest BCUT2D eigenvalue weighted by Crippen LogP contribution is -2.53. The third-order valence-corrected chi connectivity index (χ3v) is 12.5. The maximum absolute atomic E-state index is 13.7. The fraction of sp³-hybridized carbons (Fsp3) is 0.302. The molecule has 4 atom stereocenters. The van der Waals surface area contributed by atoms with Gasteiger partial charge in [-0.25, -0.2) is 9.97 Å². The van der Waals surface area contributed by atoms with E-state index in [1.165, 1.54) is 9.80 Å². The monoisotopic (exact) mass is 939 g/mol. The number of hydrogen-bond donors (Lipinski definition) is 3. The van der Waals surface area contributed by atoms with Crippen LogP contribution < -0.4 is 29.9 Å². The normalized spacial score (nSPS) is 19.1. The SMILES string of the molecule is C[C@H]1Oc2ccc(C#CCN3CCN(CC#Cc4ccc5c(c4)N(C)C(=O)[C@@H](NC(=O)c4n[nH]c(Cc6ccccc6)n4)[C@@H](C)O5)CC3)cc2N(C)C(=O)[C@H]1NC(=O)c1cn(Cc2ccccc2)cn1. The second kappa shape index (κ2) is 20.9. The number of nitrogens with one attached hydrogen (secondary N) is 3. The van der Waals surface area contributed by atoms with Gasteiger partial charge in [0.1, 0.15) is 47.3 Å². The number of aromatic nitrogens is 5. The maximum Gasteiger partial charge on any atom is 0.291 e. The number of ether oxygens (including phenoxy) is 2. The quantitative estimate of drug-likeness (QED) is 0.170. The zero-order valence-electron chi connectivity index (χ0n) is 39.4. The van der Waals surface area contributed by atoms with E-state index in [0.717, 1.165) is 48.4 Å². The number of nitrogens with zero attached hydrogens (tertiary/aromatic N) is 8. The standard InChI is InChI=1S/C53H53N11O6/c1-35-47(56-50(65)41-33-64(34-54-41)32-40-15-9-6-10-16-40)52(67)60(3)42-29-38(19-21-44(42)69-35)17-11-23-62-25-27-63(28-26-62)24-12-18-39-20-22-45-43(30-39)61(4)53(68)48(36(2)70-45)57-51(66)49-55-46(58-59-49)31-37-13-7-5-8-14-37/h5-10,13-16,19-22,29-30,33-36,47-48H,23-28,31-32H2,1-4H3,(H,56,65)(H,57,66)(H,55,58,59)/t35-,36-,47+,48+/m1/s1. The molecule has 6 aromatic rings. The lowest BCUT2D eigenvalue weighted by Gasteiger charge is -2.32. The summed E-state index contributed by atoms with van der Waals surface area (Å²) in [4.78, 5) is 70.2. The highest BCUT2D eigenvalue weighted by Crippen LogP contribution is 2.35. The molecule has 4 aromatic carbocycles. The molecule has 1 saturated heterocycles. The number of amides is 4. The van der Waals surface area contributed by atoms with Gasteiger partial charge in [-0.15, -0.1) is 5.10 Å². The van der Waals surface area contributed by atoms with Crippen molar-refractivity contribution in [3.63, 3.8) is 0 Å². The van der Waals surface area contributed by atoms with E-state index in [-0.39, 0.29) is 23.3 Å². The number of imidazole rings is 1. The van der Waals surface area contributed by atoms with Crippen LogP contribution in [0.1, 0.15) is 63.0 Å². The molecular weight excluding hydrogens is 887 g/mol. The highest BCUT2D eigenvalue weighted by Gasteiger charge is 2.38. The molecule has 0 unspecified atom stereocenters. The number of rotatable bonds is 10. The van der Waals surface area contributed by atoms with Gasteiger partial charge in [-0.3, -0.25) is 34.1 Å². The van der Waals surface area contributed by atoms with E-state index >= 15 is 0 Å². The first-order valence-electron chi connectivity index (χ1n) is 23.2. The first-order valence-corrected chi connectivity index (χ1v) is 23.2. The van der Waals surface area contributed by atoms with Crippen LogP contribution in [0.15, 0.2) is 110 Å². The van der Waals surface area contributed by atoms with Crippen molar-refractivity contribution in [1.82, 2.24) is 45.2 Å². The molecule has 0 radical (unpaired) electrons. The average Bonchev–Trinajstić information content (AvgIpc) is 4.02. The molecule has 4 amide bonds. The van der Waals surface area contributed by atoms with E-state index < -0.39 is 36.1 Å². The molecule has 0 saturated carbocycles. The van der Waals surface area contributed by atoms with E-state index in [1.807, 2.05) is 95.6 Å². The number of fused-ring (bicyclic) bond motifs is 2. The smallest absolute Gasteiger partial charge is 0.291 e. The molecule has 17 nitrogen and oxygen atoms in total. The van der Waals surface area contributed by atoms with E-state index in [0.29, 0.717) is 54.8 Å². The lowest BCUT2D eigenvalue weighted by molar-refractivity contribution is -0.122. The first-order chi connectivity index (χ1) is 33.9. The summed E-state index contributed by atoms with van der Waals surface area (Å²) in [5.74, 6) is 12.9. The Morgan fingerprint density at radius 2 is 1.21 bits per heavy atom. The number of carbonyl (C=O) groups is 4. The molecule has 9 rings (SSSR count). The number of piperazine rings is 1. The zero-order chi connectivity index (χ0) is 48.7. The molecule has 0 aliphatic carbocycles. The van der Waals surface area contributed by atoms with Crippen molar-refractivity contribution in [3.8, 4) is 35.2 Å². The van der Waals surface area contributed by atoms with Gasteiger partial charge in [-0.1, -0.05) is 84.3 Å². The van der Waals surface area contributed by atoms with E-state index in [1.54, 1.807) is 46.5 Å². The minimum atomic E-state index is -0.978. The van der Waals surface area contributed by atoms with Crippen LogP contribution in [0, 0.1) is 23.7 Å². The van der Waals surface area contributed by atoms with Gasteiger partial charge < -0.3 is 34.5 Å². The highest BCUT2D eigenvalue weighted by atomic mass is 16.5. The first kappa shape index (κ1) is 46.8. The van der Waals surface area contributed by atoms with Crippen molar-refractivity contribution in [3.05, 3.63) is 149 Å². The Morgan fingerprint density at radius 3 is 1.76 bits per heavy atom. The maximum atomic E-state index is 13.7. The Labute approximate surface area is 406 Å². The van der Waals surface area contributed by atoms with Gasteiger partial charge in [0.25, 0.3) is 23.6 Å². The van der Waals surface area contributed by atoms with Gasteiger partial charge in [0.2, 0.25) is 5.82 Å². The number of benzene rings is 4. The van der Waals surface area contributed by atoms with Gasteiger partial charge in [0.05, 0.1) is 30.8 Å². The van der Waals surface area contributed by atoms with Crippen molar-refractivity contribution >= 4 is 35.0 Å². The van der Waals surface area contributed by atoms with Gasteiger partial charge >= 0.3 is 0 Å². The number of anilines is 2. The van der Waals surface area contributed by atoms with E-state index in [2.05, 4.69) is 64.3 Å². The Morgan fingerprint density at radius 1 is 0.700 bits per heavy atom. The summed E-state index contributed by atoms with van der Waals surface area (Å²) in [6, 6.07) is 28.7. The summed E-state index contributed by atoms with van der Waals surface area (Å²) in [5, 5.41) is 12.5. The second-order valence-corrected chi connectivity index (χ2v) is 17.5. The molecule has 0 bridgehead atoms. The molecule has 5 heterocycles. The predicted octanol–water partition coefficient (Wildman–Crippen LogP) is 3.75. The summed E-state index contributed by atoms with van der Waals surface area (Å²) in [6.45, 7) is 8.54. The number of hydrogen-bond acceptors (Lipinski definition) is 11. The summed E-state index contributed by atoms with van der Waals surface area (Å²) < 4.78 is 14.2.